The van der Waals surface area contributed by atoms with Crippen LogP contribution >= 0.6 is 0 Å². The van der Waals surface area contributed by atoms with E-state index in [0.717, 1.165) is 5.71 Å². The SMILES string of the molecule is CC(C1CCCCC1)N1N=C(CCNC(=O)O)CC1=O. The zero-order chi connectivity index (χ0) is 14.5. The second kappa shape index (κ2) is 6.72. The second-order valence-corrected chi connectivity index (χ2v) is 5.70. The summed E-state index contributed by atoms with van der Waals surface area (Å²) in [5.41, 5.74) is 0.784. The van der Waals surface area contributed by atoms with Crippen LogP contribution < -0.4 is 5.32 Å². The van der Waals surface area contributed by atoms with Crippen molar-refractivity contribution in [2.24, 2.45) is 11.0 Å². The predicted octanol–water partition coefficient (Wildman–Crippen LogP) is 2.20. The normalized spacial score (nSPS) is 21.8. The molecule has 1 saturated carbocycles. The van der Waals surface area contributed by atoms with Crippen LogP contribution in [0.25, 0.3) is 0 Å². The molecule has 1 heterocycles. The van der Waals surface area contributed by atoms with Crippen LogP contribution in [0.4, 0.5) is 4.79 Å². The molecular weight excluding hydrogens is 258 g/mol. The summed E-state index contributed by atoms with van der Waals surface area (Å²) in [6.07, 6.45) is 5.94. The summed E-state index contributed by atoms with van der Waals surface area (Å²) in [5.74, 6) is 0.598. The molecule has 112 valence electrons. The minimum atomic E-state index is -1.04. The number of carboxylic acid groups (broad SMARTS) is 1. The van der Waals surface area contributed by atoms with Crippen LogP contribution in [0.2, 0.25) is 0 Å². The summed E-state index contributed by atoms with van der Waals surface area (Å²) in [5, 5.41) is 16.9. The van der Waals surface area contributed by atoms with Crippen molar-refractivity contribution < 1.29 is 14.7 Å². The predicted molar refractivity (Wildman–Crippen MR) is 75.6 cm³/mol. The average Bonchev–Trinajstić information content (AvgIpc) is 2.79. The molecule has 0 spiro atoms. The van der Waals surface area contributed by atoms with E-state index in [1.807, 2.05) is 0 Å². The molecular formula is C14H23N3O3. The van der Waals surface area contributed by atoms with Gasteiger partial charge in [0, 0.05) is 18.7 Å². The number of nitrogens with zero attached hydrogens (tertiary/aromatic N) is 2. The zero-order valence-electron chi connectivity index (χ0n) is 12.0. The Morgan fingerprint density at radius 2 is 2.15 bits per heavy atom. The topological polar surface area (TPSA) is 82.0 Å². The number of nitrogens with one attached hydrogen (secondary N) is 1. The van der Waals surface area contributed by atoms with Gasteiger partial charge in [-0.3, -0.25) is 4.79 Å². The number of hydrogen-bond acceptors (Lipinski definition) is 3. The number of hydrogen-bond donors (Lipinski definition) is 2. The molecule has 0 aromatic rings. The van der Waals surface area contributed by atoms with Crippen molar-refractivity contribution in [2.75, 3.05) is 6.54 Å². The Morgan fingerprint density at radius 3 is 2.80 bits per heavy atom. The third-order valence-corrected chi connectivity index (χ3v) is 4.27. The van der Waals surface area contributed by atoms with Crippen LogP contribution in [0, 0.1) is 5.92 Å². The Morgan fingerprint density at radius 1 is 1.45 bits per heavy atom. The van der Waals surface area contributed by atoms with E-state index in [1.54, 1.807) is 5.01 Å². The number of carbonyl (C=O) groups excluding carboxylic acids is 1. The van der Waals surface area contributed by atoms with Crippen LogP contribution in [0.15, 0.2) is 5.10 Å². The van der Waals surface area contributed by atoms with Crippen molar-refractivity contribution in [3.05, 3.63) is 0 Å². The molecule has 1 aliphatic carbocycles. The third kappa shape index (κ3) is 3.71. The van der Waals surface area contributed by atoms with Gasteiger partial charge < -0.3 is 10.4 Å². The van der Waals surface area contributed by atoms with Gasteiger partial charge in [0.2, 0.25) is 5.91 Å². The maximum Gasteiger partial charge on any atom is 0.404 e. The fraction of sp³-hybridized carbons (Fsp3) is 0.786. The maximum atomic E-state index is 12.0. The summed E-state index contributed by atoms with van der Waals surface area (Å²) in [7, 11) is 0. The number of rotatable bonds is 5. The lowest BCUT2D eigenvalue weighted by molar-refractivity contribution is -0.131. The highest BCUT2D eigenvalue weighted by Gasteiger charge is 2.32. The van der Waals surface area contributed by atoms with E-state index in [1.165, 1.54) is 32.1 Å². The smallest absolute Gasteiger partial charge is 0.404 e. The van der Waals surface area contributed by atoms with Gasteiger partial charge in [0.1, 0.15) is 0 Å². The minimum Gasteiger partial charge on any atom is -0.465 e. The Kier molecular flexibility index (Phi) is 4.98. The van der Waals surface area contributed by atoms with Crippen molar-refractivity contribution in [1.29, 1.82) is 0 Å². The quantitative estimate of drug-likeness (QED) is 0.810. The maximum absolute atomic E-state index is 12.0. The summed E-state index contributed by atoms with van der Waals surface area (Å²) in [4.78, 5) is 22.4. The molecule has 0 aromatic heterocycles. The van der Waals surface area contributed by atoms with Crippen molar-refractivity contribution >= 4 is 17.7 Å². The molecule has 2 N–H and O–H groups in total. The highest BCUT2D eigenvalue weighted by Crippen LogP contribution is 2.30. The van der Waals surface area contributed by atoms with Crippen molar-refractivity contribution in [2.45, 2.75) is 57.9 Å². The fourth-order valence-corrected chi connectivity index (χ4v) is 3.09. The van der Waals surface area contributed by atoms with Gasteiger partial charge in [-0.15, -0.1) is 0 Å². The van der Waals surface area contributed by atoms with E-state index in [2.05, 4.69) is 17.3 Å². The molecule has 0 bridgehead atoms. The molecule has 1 aliphatic heterocycles. The molecule has 0 aromatic carbocycles. The molecule has 2 rings (SSSR count). The first kappa shape index (κ1) is 14.8. The first-order chi connectivity index (χ1) is 9.58. The monoisotopic (exact) mass is 281 g/mol. The standard InChI is InChI=1S/C14H23N3O3/c1-10(11-5-3-2-4-6-11)17-13(18)9-12(16-17)7-8-15-14(19)20/h10-11,15H,2-9H2,1H3,(H,19,20). The van der Waals surface area contributed by atoms with Crippen LogP contribution in [-0.2, 0) is 4.79 Å². The molecule has 1 atom stereocenters. The highest BCUT2D eigenvalue weighted by molar-refractivity contribution is 6.05. The van der Waals surface area contributed by atoms with Gasteiger partial charge in [-0.1, -0.05) is 19.3 Å². The summed E-state index contributed by atoms with van der Waals surface area (Å²) in [6, 6.07) is 0.160. The van der Waals surface area contributed by atoms with Crippen LogP contribution in [-0.4, -0.2) is 40.4 Å². The van der Waals surface area contributed by atoms with Gasteiger partial charge in [0.15, 0.2) is 0 Å². The number of hydrazone groups is 1. The molecule has 6 heteroatoms. The van der Waals surface area contributed by atoms with Gasteiger partial charge >= 0.3 is 6.09 Å². The minimum absolute atomic E-state index is 0.0494. The number of amides is 2. The van der Waals surface area contributed by atoms with Gasteiger partial charge in [-0.05, 0) is 25.7 Å². The van der Waals surface area contributed by atoms with Gasteiger partial charge in [-0.25, -0.2) is 9.80 Å². The fourth-order valence-electron chi connectivity index (χ4n) is 3.09. The molecule has 0 saturated heterocycles. The summed E-state index contributed by atoms with van der Waals surface area (Å²) in [6.45, 7) is 2.39. The van der Waals surface area contributed by atoms with E-state index in [0.29, 0.717) is 25.3 Å². The van der Waals surface area contributed by atoms with Gasteiger partial charge in [0.05, 0.1) is 12.5 Å². The first-order valence-corrected chi connectivity index (χ1v) is 7.43. The Bertz CT molecular complexity index is 402. The van der Waals surface area contributed by atoms with Crippen LogP contribution in [0.1, 0.15) is 51.9 Å². The Hall–Kier alpha value is -1.59. The average molecular weight is 281 g/mol. The third-order valence-electron chi connectivity index (χ3n) is 4.27. The lowest BCUT2D eigenvalue weighted by Gasteiger charge is -2.31. The molecule has 0 radical (unpaired) electrons. The largest absolute Gasteiger partial charge is 0.465 e. The Labute approximate surface area is 119 Å². The zero-order valence-corrected chi connectivity index (χ0v) is 12.0. The van der Waals surface area contributed by atoms with E-state index < -0.39 is 6.09 Å². The first-order valence-electron chi connectivity index (χ1n) is 7.43. The van der Waals surface area contributed by atoms with Crippen molar-refractivity contribution in [3.8, 4) is 0 Å². The van der Waals surface area contributed by atoms with Crippen LogP contribution in [0.3, 0.4) is 0 Å². The molecule has 2 amide bonds. The van der Waals surface area contributed by atoms with E-state index >= 15 is 0 Å². The molecule has 1 fully saturated rings. The molecule has 1 unspecified atom stereocenters. The molecule has 6 nitrogen and oxygen atoms in total. The second-order valence-electron chi connectivity index (χ2n) is 5.70. The van der Waals surface area contributed by atoms with Crippen molar-refractivity contribution in [1.82, 2.24) is 10.3 Å². The van der Waals surface area contributed by atoms with E-state index in [-0.39, 0.29) is 11.9 Å². The molecule has 2 aliphatic rings. The summed E-state index contributed by atoms with van der Waals surface area (Å²) >= 11 is 0. The van der Waals surface area contributed by atoms with E-state index in [9.17, 15) is 9.59 Å². The number of carbonyl (C=O) groups is 2. The van der Waals surface area contributed by atoms with Gasteiger partial charge in [-0.2, -0.15) is 5.10 Å². The lowest BCUT2D eigenvalue weighted by atomic mass is 9.84. The van der Waals surface area contributed by atoms with Gasteiger partial charge in [0.25, 0.3) is 0 Å². The van der Waals surface area contributed by atoms with E-state index in [4.69, 9.17) is 5.11 Å². The Balaban J connectivity index is 1.88. The van der Waals surface area contributed by atoms with Crippen molar-refractivity contribution in [3.63, 3.8) is 0 Å². The lowest BCUT2D eigenvalue weighted by Crippen LogP contribution is -2.37. The molecule has 20 heavy (non-hydrogen) atoms. The highest BCUT2D eigenvalue weighted by atomic mass is 16.4. The summed E-state index contributed by atoms with van der Waals surface area (Å²) < 4.78 is 0. The van der Waals surface area contributed by atoms with Crippen LogP contribution in [0.5, 0.6) is 0 Å².